The van der Waals surface area contributed by atoms with Gasteiger partial charge in [-0.1, -0.05) is 0 Å². The summed E-state index contributed by atoms with van der Waals surface area (Å²) < 4.78 is 5.14. The molecular formula is C11H13NO2. The van der Waals surface area contributed by atoms with Crippen molar-refractivity contribution in [3.05, 3.63) is 23.8 Å². The van der Waals surface area contributed by atoms with Gasteiger partial charge in [-0.2, -0.15) is 0 Å². The van der Waals surface area contributed by atoms with Gasteiger partial charge in [-0.15, -0.1) is 0 Å². The molecule has 74 valence electrons. The molecule has 1 aromatic carbocycles. The maximum atomic E-state index is 10.4. The molecular weight excluding hydrogens is 178 g/mol. The molecule has 0 aromatic heterocycles. The maximum Gasteiger partial charge on any atom is 0.122 e. The predicted octanol–water partition coefficient (Wildman–Crippen LogP) is 1.62. The van der Waals surface area contributed by atoms with Crippen LogP contribution in [0.15, 0.2) is 18.2 Å². The van der Waals surface area contributed by atoms with Gasteiger partial charge in [0.1, 0.15) is 12.0 Å². The molecule has 1 atom stereocenters. The number of carbonyl (C=O) groups is 1. The summed E-state index contributed by atoms with van der Waals surface area (Å²) in [6, 6.07) is 6.20. The molecule has 1 unspecified atom stereocenters. The molecule has 0 fully saturated rings. The molecule has 3 nitrogen and oxygen atoms in total. The summed E-state index contributed by atoms with van der Waals surface area (Å²) in [4.78, 5) is 10.4. The van der Waals surface area contributed by atoms with E-state index in [4.69, 9.17) is 4.74 Å². The van der Waals surface area contributed by atoms with E-state index in [1.807, 2.05) is 18.2 Å². The van der Waals surface area contributed by atoms with Gasteiger partial charge in [-0.05, 0) is 30.2 Å². The highest BCUT2D eigenvalue weighted by atomic mass is 16.5. The molecule has 14 heavy (non-hydrogen) atoms. The first-order valence-electron chi connectivity index (χ1n) is 4.70. The van der Waals surface area contributed by atoms with Crippen LogP contribution in [0.5, 0.6) is 5.75 Å². The minimum absolute atomic E-state index is 0.259. The zero-order chi connectivity index (χ0) is 9.97. The van der Waals surface area contributed by atoms with Crippen molar-refractivity contribution in [2.45, 2.75) is 18.9 Å². The van der Waals surface area contributed by atoms with Crippen LogP contribution < -0.4 is 10.1 Å². The number of anilines is 1. The van der Waals surface area contributed by atoms with Crippen molar-refractivity contribution in [2.75, 3.05) is 12.4 Å². The molecule has 1 N–H and O–H groups in total. The van der Waals surface area contributed by atoms with Crippen LogP contribution in [-0.2, 0) is 11.2 Å². The molecule has 0 spiro atoms. The van der Waals surface area contributed by atoms with E-state index in [2.05, 4.69) is 5.32 Å². The molecule has 0 amide bonds. The number of ether oxygens (including phenoxy) is 1. The molecule has 0 radical (unpaired) electrons. The third-order valence-electron chi connectivity index (χ3n) is 2.52. The Morgan fingerprint density at radius 2 is 2.50 bits per heavy atom. The molecule has 1 aliphatic heterocycles. The normalized spacial score (nSPS) is 18.5. The molecule has 0 aliphatic carbocycles. The van der Waals surface area contributed by atoms with E-state index in [1.54, 1.807) is 7.11 Å². The van der Waals surface area contributed by atoms with Gasteiger partial charge < -0.3 is 14.8 Å². The number of rotatable bonds is 3. The third kappa shape index (κ3) is 1.58. The van der Waals surface area contributed by atoms with Crippen molar-refractivity contribution in [1.29, 1.82) is 0 Å². The second kappa shape index (κ2) is 3.70. The lowest BCUT2D eigenvalue weighted by Gasteiger charge is -2.05. The van der Waals surface area contributed by atoms with Crippen molar-refractivity contribution < 1.29 is 9.53 Å². The average Bonchev–Trinajstić information content (AvgIpc) is 2.59. The Bertz CT molecular complexity index is 349. The highest BCUT2D eigenvalue weighted by molar-refractivity contribution is 5.62. The van der Waals surface area contributed by atoms with Crippen LogP contribution in [0.4, 0.5) is 5.69 Å². The second-order valence-electron chi connectivity index (χ2n) is 3.47. The number of methoxy groups -OCH3 is 1. The molecule has 0 saturated heterocycles. The molecule has 0 saturated carbocycles. The van der Waals surface area contributed by atoms with Gasteiger partial charge in [0.15, 0.2) is 0 Å². The summed E-state index contributed by atoms with van der Waals surface area (Å²) in [5.74, 6) is 0.873. The zero-order valence-corrected chi connectivity index (χ0v) is 8.12. The minimum atomic E-state index is 0.259. The van der Waals surface area contributed by atoms with Crippen LogP contribution in [0, 0.1) is 0 Å². The van der Waals surface area contributed by atoms with Gasteiger partial charge in [0.05, 0.1) is 7.11 Å². The van der Waals surface area contributed by atoms with Crippen LogP contribution in [0.1, 0.15) is 12.0 Å². The average molecular weight is 191 g/mol. The largest absolute Gasteiger partial charge is 0.497 e. The van der Waals surface area contributed by atoms with E-state index in [-0.39, 0.29) is 6.04 Å². The van der Waals surface area contributed by atoms with Crippen molar-refractivity contribution in [1.82, 2.24) is 0 Å². The smallest absolute Gasteiger partial charge is 0.122 e. The lowest BCUT2D eigenvalue weighted by Crippen LogP contribution is -2.15. The number of hydrogen-bond donors (Lipinski definition) is 1. The Morgan fingerprint density at radius 3 is 3.21 bits per heavy atom. The van der Waals surface area contributed by atoms with Gasteiger partial charge in [-0.3, -0.25) is 0 Å². The number of hydrogen-bond acceptors (Lipinski definition) is 3. The fraction of sp³-hybridized carbons (Fsp3) is 0.364. The summed E-state index contributed by atoms with van der Waals surface area (Å²) in [6.07, 6.45) is 2.43. The topological polar surface area (TPSA) is 38.3 Å². The molecule has 0 bridgehead atoms. The van der Waals surface area contributed by atoms with Crippen LogP contribution >= 0.6 is 0 Å². The van der Waals surface area contributed by atoms with E-state index in [0.29, 0.717) is 6.42 Å². The summed E-state index contributed by atoms with van der Waals surface area (Å²) in [5.41, 5.74) is 2.36. The molecule has 2 rings (SSSR count). The lowest BCUT2D eigenvalue weighted by molar-refractivity contribution is -0.108. The van der Waals surface area contributed by atoms with Gasteiger partial charge in [0, 0.05) is 18.2 Å². The quantitative estimate of drug-likeness (QED) is 0.738. The SMILES string of the molecule is COc1ccc2c(c1)CC(CC=O)N2. The Morgan fingerprint density at radius 1 is 1.64 bits per heavy atom. The number of benzene rings is 1. The van der Waals surface area contributed by atoms with Crippen LogP contribution in [0.3, 0.4) is 0 Å². The minimum Gasteiger partial charge on any atom is -0.497 e. The van der Waals surface area contributed by atoms with Crippen LogP contribution in [-0.4, -0.2) is 19.4 Å². The first kappa shape index (κ1) is 9.06. The van der Waals surface area contributed by atoms with Crippen molar-refractivity contribution in [3.8, 4) is 5.75 Å². The zero-order valence-electron chi connectivity index (χ0n) is 8.12. The molecule has 1 heterocycles. The van der Waals surface area contributed by atoms with Gasteiger partial charge in [0.25, 0.3) is 0 Å². The van der Waals surface area contributed by atoms with Crippen LogP contribution in [0.25, 0.3) is 0 Å². The predicted molar refractivity (Wildman–Crippen MR) is 54.8 cm³/mol. The third-order valence-corrected chi connectivity index (χ3v) is 2.52. The van der Waals surface area contributed by atoms with Crippen LogP contribution in [0.2, 0.25) is 0 Å². The number of fused-ring (bicyclic) bond motifs is 1. The second-order valence-corrected chi connectivity index (χ2v) is 3.47. The lowest BCUT2D eigenvalue weighted by atomic mass is 10.1. The fourth-order valence-corrected chi connectivity index (χ4v) is 1.80. The van der Waals surface area contributed by atoms with E-state index in [1.165, 1.54) is 5.56 Å². The Hall–Kier alpha value is -1.51. The Kier molecular flexibility index (Phi) is 2.39. The van der Waals surface area contributed by atoms with E-state index < -0.39 is 0 Å². The standard InChI is InChI=1S/C11H13NO2/c1-14-10-2-3-11-8(7-10)6-9(12-11)4-5-13/h2-3,5,7,9,12H,4,6H2,1H3. The van der Waals surface area contributed by atoms with Crippen molar-refractivity contribution in [2.24, 2.45) is 0 Å². The maximum absolute atomic E-state index is 10.4. The first-order valence-corrected chi connectivity index (χ1v) is 4.70. The summed E-state index contributed by atoms with van der Waals surface area (Å²) in [7, 11) is 1.66. The van der Waals surface area contributed by atoms with Gasteiger partial charge in [0.2, 0.25) is 0 Å². The van der Waals surface area contributed by atoms with Crippen molar-refractivity contribution >= 4 is 12.0 Å². The molecule has 1 aliphatic rings. The summed E-state index contributed by atoms with van der Waals surface area (Å²) in [6.45, 7) is 0. The van der Waals surface area contributed by atoms with E-state index in [9.17, 15) is 4.79 Å². The van der Waals surface area contributed by atoms with Gasteiger partial charge >= 0.3 is 0 Å². The van der Waals surface area contributed by atoms with Gasteiger partial charge in [-0.25, -0.2) is 0 Å². The van der Waals surface area contributed by atoms with E-state index >= 15 is 0 Å². The number of nitrogens with one attached hydrogen (secondary N) is 1. The van der Waals surface area contributed by atoms with Crippen molar-refractivity contribution in [3.63, 3.8) is 0 Å². The fourth-order valence-electron chi connectivity index (χ4n) is 1.80. The molecule has 1 aromatic rings. The van der Waals surface area contributed by atoms with E-state index in [0.717, 1.165) is 24.1 Å². The number of aldehydes is 1. The Labute approximate surface area is 83.1 Å². The highest BCUT2D eigenvalue weighted by Gasteiger charge is 2.20. The number of carbonyl (C=O) groups excluding carboxylic acids is 1. The summed E-state index contributed by atoms with van der Waals surface area (Å²) in [5, 5.41) is 3.30. The Balaban J connectivity index is 2.18. The highest BCUT2D eigenvalue weighted by Crippen LogP contribution is 2.29. The molecule has 3 heteroatoms. The summed E-state index contributed by atoms with van der Waals surface area (Å²) >= 11 is 0. The first-order chi connectivity index (χ1) is 6.83. The monoisotopic (exact) mass is 191 g/mol.